The highest BCUT2D eigenvalue weighted by Crippen LogP contribution is 2.75. The molecule has 4 rings (SSSR count). The summed E-state index contributed by atoms with van der Waals surface area (Å²) >= 11 is 0. The van der Waals surface area contributed by atoms with Gasteiger partial charge in [-0.3, -0.25) is 4.79 Å². The number of ketones is 1. The minimum atomic E-state index is -0.135. The van der Waals surface area contributed by atoms with Crippen molar-refractivity contribution in [1.29, 1.82) is 0 Å². The van der Waals surface area contributed by atoms with Gasteiger partial charge in [-0.15, -0.1) is 0 Å². The Bertz CT molecular complexity index is 782. The molecule has 0 aromatic rings. The van der Waals surface area contributed by atoms with Gasteiger partial charge in [-0.25, -0.2) is 0 Å². The molecule has 0 aromatic heterocycles. The Morgan fingerprint density at radius 2 is 1.61 bits per heavy atom. The molecule has 174 valence electrons. The standard InChI is InChI=1S/C30H48O/c1-20(2)10-9-11-21(3)22-14-18-29(7)23(22)12-13-25-28(6)17-16-26(31)27(4,5)24(28)15-19-30(25,29)8/h10,22-25H,3,9,11-19H2,1-2,4-8H3/t22-,23-,24-,25-,28+,29-,30-/m1/s1. The van der Waals surface area contributed by atoms with Gasteiger partial charge in [0.05, 0.1) is 0 Å². The number of allylic oxidation sites excluding steroid dienone is 3. The third kappa shape index (κ3) is 3.26. The molecular weight excluding hydrogens is 376 g/mol. The number of carbonyl (C=O) groups excluding carboxylic acids is 1. The lowest BCUT2D eigenvalue weighted by Gasteiger charge is -2.69. The molecule has 0 spiro atoms. The van der Waals surface area contributed by atoms with E-state index in [9.17, 15) is 4.79 Å². The van der Waals surface area contributed by atoms with Crippen molar-refractivity contribution in [2.45, 2.75) is 113 Å². The van der Waals surface area contributed by atoms with Crippen LogP contribution in [-0.2, 0) is 4.79 Å². The summed E-state index contributed by atoms with van der Waals surface area (Å²) in [6.45, 7) is 21.5. The smallest absolute Gasteiger partial charge is 0.138 e. The molecule has 0 aromatic carbocycles. The summed E-state index contributed by atoms with van der Waals surface area (Å²) in [7, 11) is 0. The summed E-state index contributed by atoms with van der Waals surface area (Å²) in [5.74, 6) is 3.39. The van der Waals surface area contributed by atoms with E-state index in [1.807, 2.05) is 0 Å². The topological polar surface area (TPSA) is 17.1 Å². The Kier molecular flexibility index (Phi) is 5.71. The lowest BCUT2D eigenvalue weighted by molar-refractivity contribution is -0.201. The van der Waals surface area contributed by atoms with E-state index in [1.165, 1.54) is 56.1 Å². The Hall–Kier alpha value is -0.850. The molecule has 0 aliphatic heterocycles. The van der Waals surface area contributed by atoms with Crippen LogP contribution in [0.15, 0.2) is 23.8 Å². The Balaban J connectivity index is 1.60. The lowest BCUT2D eigenvalue weighted by atomic mass is 9.35. The van der Waals surface area contributed by atoms with E-state index in [4.69, 9.17) is 0 Å². The van der Waals surface area contributed by atoms with Crippen LogP contribution in [0.4, 0.5) is 0 Å². The zero-order valence-corrected chi connectivity index (χ0v) is 21.6. The van der Waals surface area contributed by atoms with Crippen molar-refractivity contribution in [2.75, 3.05) is 0 Å². The molecule has 0 amide bonds. The van der Waals surface area contributed by atoms with Gasteiger partial charge >= 0.3 is 0 Å². The highest BCUT2D eigenvalue weighted by Gasteiger charge is 2.68. The van der Waals surface area contributed by atoms with Crippen molar-refractivity contribution in [1.82, 2.24) is 0 Å². The molecule has 0 heterocycles. The van der Waals surface area contributed by atoms with Crippen molar-refractivity contribution < 1.29 is 4.79 Å². The summed E-state index contributed by atoms with van der Waals surface area (Å²) in [5.41, 5.74) is 3.99. The van der Waals surface area contributed by atoms with Gasteiger partial charge in [-0.05, 0) is 112 Å². The molecular formula is C30H48O. The molecule has 1 nitrogen and oxygen atoms in total. The van der Waals surface area contributed by atoms with Gasteiger partial charge in [0.15, 0.2) is 0 Å². The zero-order chi connectivity index (χ0) is 22.8. The lowest BCUT2D eigenvalue weighted by Crippen LogP contribution is -2.63. The van der Waals surface area contributed by atoms with Crippen LogP contribution < -0.4 is 0 Å². The van der Waals surface area contributed by atoms with Crippen LogP contribution in [0.25, 0.3) is 0 Å². The van der Waals surface area contributed by atoms with Crippen molar-refractivity contribution in [3.05, 3.63) is 23.8 Å². The molecule has 0 radical (unpaired) electrons. The van der Waals surface area contributed by atoms with Crippen molar-refractivity contribution >= 4 is 5.78 Å². The fourth-order valence-electron chi connectivity index (χ4n) is 9.76. The number of Topliss-reactive ketones (excluding diaryl/α,β-unsaturated/α-hetero) is 1. The van der Waals surface area contributed by atoms with Crippen molar-refractivity contribution in [2.24, 2.45) is 45.3 Å². The number of rotatable bonds is 4. The van der Waals surface area contributed by atoms with Crippen LogP contribution in [0.2, 0.25) is 0 Å². The van der Waals surface area contributed by atoms with Crippen LogP contribution in [0.1, 0.15) is 113 Å². The van der Waals surface area contributed by atoms with Gasteiger partial charge in [0.2, 0.25) is 0 Å². The average Bonchev–Trinajstić information content (AvgIpc) is 3.03. The highest BCUT2D eigenvalue weighted by atomic mass is 16.1. The van der Waals surface area contributed by atoms with Crippen molar-refractivity contribution in [3.63, 3.8) is 0 Å². The first kappa shape index (κ1) is 23.3. The second-order valence-corrected chi connectivity index (χ2v) is 13.4. The first-order valence-electron chi connectivity index (χ1n) is 13.2. The average molecular weight is 425 g/mol. The Labute approximate surface area is 192 Å². The minimum Gasteiger partial charge on any atom is -0.299 e. The predicted octanol–water partition coefficient (Wildman–Crippen LogP) is 8.54. The second kappa shape index (κ2) is 7.59. The molecule has 0 N–H and O–H groups in total. The van der Waals surface area contributed by atoms with Crippen molar-refractivity contribution in [3.8, 4) is 0 Å². The quantitative estimate of drug-likeness (QED) is 0.413. The monoisotopic (exact) mass is 424 g/mol. The molecule has 0 bridgehead atoms. The van der Waals surface area contributed by atoms with Gasteiger partial charge in [-0.2, -0.15) is 0 Å². The maximum absolute atomic E-state index is 12.8. The molecule has 0 unspecified atom stereocenters. The van der Waals surface area contributed by atoms with E-state index in [0.717, 1.165) is 37.0 Å². The maximum atomic E-state index is 12.8. The van der Waals surface area contributed by atoms with E-state index in [2.05, 4.69) is 61.1 Å². The SMILES string of the molecule is C=C(CCC=C(C)C)[C@H]1CC[C@]2(C)[C@@H]1CC[C@@H]1[C@@]3(C)CCC(=O)C(C)(C)[C@H]3CC[C@]12C. The van der Waals surface area contributed by atoms with Crippen LogP contribution in [0.5, 0.6) is 0 Å². The van der Waals surface area contributed by atoms with Crippen LogP contribution in [-0.4, -0.2) is 5.78 Å². The van der Waals surface area contributed by atoms with Gasteiger partial charge < -0.3 is 0 Å². The van der Waals surface area contributed by atoms with E-state index >= 15 is 0 Å². The van der Waals surface area contributed by atoms with Gasteiger partial charge in [0.1, 0.15) is 5.78 Å². The molecule has 7 atom stereocenters. The number of hydrogen-bond donors (Lipinski definition) is 0. The second-order valence-electron chi connectivity index (χ2n) is 13.4. The normalized spacial score (nSPS) is 46.0. The summed E-state index contributed by atoms with van der Waals surface area (Å²) < 4.78 is 0. The maximum Gasteiger partial charge on any atom is 0.138 e. The molecule has 4 fully saturated rings. The third-order valence-corrected chi connectivity index (χ3v) is 11.7. The van der Waals surface area contributed by atoms with Crippen LogP contribution in [0, 0.1) is 45.3 Å². The first-order chi connectivity index (χ1) is 14.4. The van der Waals surface area contributed by atoms with Gasteiger partial charge in [-0.1, -0.05) is 58.4 Å². The predicted molar refractivity (Wildman–Crippen MR) is 132 cm³/mol. The first-order valence-corrected chi connectivity index (χ1v) is 13.2. The number of fused-ring (bicyclic) bond motifs is 5. The molecule has 4 aliphatic carbocycles. The molecule has 31 heavy (non-hydrogen) atoms. The van der Waals surface area contributed by atoms with Crippen LogP contribution in [0.3, 0.4) is 0 Å². The highest BCUT2D eigenvalue weighted by molar-refractivity contribution is 5.85. The van der Waals surface area contributed by atoms with Crippen LogP contribution >= 0.6 is 0 Å². The molecule has 1 heteroatoms. The van der Waals surface area contributed by atoms with E-state index in [-0.39, 0.29) is 5.41 Å². The van der Waals surface area contributed by atoms with Gasteiger partial charge in [0.25, 0.3) is 0 Å². The van der Waals surface area contributed by atoms with Gasteiger partial charge in [0, 0.05) is 11.8 Å². The van der Waals surface area contributed by atoms with E-state index in [1.54, 1.807) is 0 Å². The number of carbonyl (C=O) groups is 1. The summed E-state index contributed by atoms with van der Waals surface area (Å²) in [5, 5.41) is 0. The summed E-state index contributed by atoms with van der Waals surface area (Å²) in [6.07, 6.45) is 14.7. The Morgan fingerprint density at radius 3 is 2.29 bits per heavy atom. The molecule has 4 aliphatic rings. The number of hydrogen-bond acceptors (Lipinski definition) is 1. The fourth-order valence-corrected chi connectivity index (χ4v) is 9.76. The summed E-state index contributed by atoms with van der Waals surface area (Å²) in [4.78, 5) is 12.8. The minimum absolute atomic E-state index is 0.135. The van der Waals surface area contributed by atoms with E-state index in [0.29, 0.717) is 27.9 Å². The largest absolute Gasteiger partial charge is 0.299 e. The Morgan fingerprint density at radius 1 is 0.935 bits per heavy atom. The summed E-state index contributed by atoms with van der Waals surface area (Å²) in [6, 6.07) is 0. The fraction of sp³-hybridized carbons (Fsp3) is 0.833. The third-order valence-electron chi connectivity index (χ3n) is 11.7. The molecule has 0 saturated heterocycles. The van der Waals surface area contributed by atoms with E-state index < -0.39 is 0 Å². The zero-order valence-electron chi connectivity index (χ0n) is 21.6. The molecule has 4 saturated carbocycles.